The molecule has 15 heavy (non-hydrogen) atoms. The smallest absolute Gasteiger partial charge is 0.313 e. The minimum atomic E-state index is -0.380. The molecule has 1 heterocycles. The highest BCUT2D eigenvalue weighted by Gasteiger charge is 2.19. The second kappa shape index (κ2) is 5.38. The van der Waals surface area contributed by atoms with Crippen LogP contribution in [0.1, 0.15) is 19.3 Å². The average Bonchev–Trinajstić information content (AvgIpc) is 2.63. The Labute approximate surface area is 88.6 Å². The molecule has 0 bridgehead atoms. The summed E-state index contributed by atoms with van der Waals surface area (Å²) in [5, 5.41) is 0. The second-order valence-electron chi connectivity index (χ2n) is 3.24. The molecule has 1 aliphatic heterocycles. The fourth-order valence-electron chi connectivity index (χ4n) is 1.36. The van der Waals surface area contributed by atoms with E-state index in [4.69, 9.17) is 4.74 Å². The predicted octanol–water partition coefficient (Wildman–Crippen LogP) is 0.660. The highest BCUT2D eigenvalue weighted by atomic mass is 16.5. The molecule has 0 saturated carbocycles. The number of rotatable bonds is 4. The van der Waals surface area contributed by atoms with E-state index in [9.17, 15) is 9.59 Å². The van der Waals surface area contributed by atoms with Crippen LogP contribution < -0.4 is 0 Å². The van der Waals surface area contributed by atoms with Gasteiger partial charge in [0.25, 0.3) is 0 Å². The Kier molecular flexibility index (Phi) is 4.15. The minimum absolute atomic E-state index is 0.0524. The summed E-state index contributed by atoms with van der Waals surface area (Å²) in [5.41, 5.74) is 0. The Bertz CT molecular complexity index is 285. The third kappa shape index (κ3) is 3.27. The lowest BCUT2D eigenvalue weighted by molar-refractivity contribution is -0.140. The molecule has 0 aromatic carbocycles. The van der Waals surface area contributed by atoms with Gasteiger partial charge in [0.2, 0.25) is 5.91 Å². The first-order valence-electron chi connectivity index (χ1n) is 4.78. The lowest BCUT2D eigenvalue weighted by atomic mass is 10.3. The van der Waals surface area contributed by atoms with Crippen LogP contribution in [-0.4, -0.2) is 37.5 Å². The molecule has 0 spiro atoms. The first-order valence-corrected chi connectivity index (χ1v) is 4.78. The number of esters is 1. The van der Waals surface area contributed by atoms with E-state index in [1.807, 2.05) is 0 Å². The molecule has 0 aromatic rings. The summed E-state index contributed by atoms with van der Waals surface area (Å²) in [6.07, 6.45) is 3.04. The molecule has 0 N–H and O–H groups in total. The van der Waals surface area contributed by atoms with Gasteiger partial charge < -0.3 is 14.4 Å². The SMILES string of the molecule is COC(=O)C/C(=C/N1CCCC1=O)OC. The maximum absolute atomic E-state index is 11.3. The molecule has 1 aliphatic rings. The Hall–Kier alpha value is -1.52. The summed E-state index contributed by atoms with van der Waals surface area (Å²) in [6.45, 7) is 0.687. The van der Waals surface area contributed by atoms with Crippen molar-refractivity contribution in [3.63, 3.8) is 0 Å². The predicted molar refractivity (Wildman–Crippen MR) is 52.7 cm³/mol. The number of carbonyl (C=O) groups is 2. The lowest BCUT2D eigenvalue weighted by Gasteiger charge is -2.12. The zero-order valence-corrected chi connectivity index (χ0v) is 8.99. The molecule has 0 atom stereocenters. The first kappa shape index (κ1) is 11.6. The molecule has 1 rings (SSSR count). The largest absolute Gasteiger partial charge is 0.499 e. The zero-order valence-electron chi connectivity index (χ0n) is 8.99. The standard InChI is InChI=1S/C10H15NO4/c1-14-8(6-10(13)15-2)7-11-5-3-4-9(11)12/h7H,3-6H2,1-2H3/b8-7-. The molecule has 5 nitrogen and oxygen atoms in total. The first-order chi connectivity index (χ1) is 7.17. The normalized spacial score (nSPS) is 16.8. The van der Waals surface area contributed by atoms with E-state index < -0.39 is 0 Å². The lowest BCUT2D eigenvalue weighted by Crippen LogP contribution is -2.19. The van der Waals surface area contributed by atoms with Crippen molar-refractivity contribution in [3.8, 4) is 0 Å². The highest BCUT2D eigenvalue weighted by molar-refractivity contribution is 5.79. The average molecular weight is 213 g/mol. The van der Waals surface area contributed by atoms with Gasteiger partial charge in [-0.2, -0.15) is 0 Å². The van der Waals surface area contributed by atoms with Crippen molar-refractivity contribution in [2.75, 3.05) is 20.8 Å². The Morgan fingerprint density at radius 3 is 2.67 bits per heavy atom. The summed E-state index contributed by atoms with van der Waals surface area (Å²) in [5.74, 6) is 0.126. The van der Waals surface area contributed by atoms with E-state index >= 15 is 0 Å². The van der Waals surface area contributed by atoms with E-state index in [2.05, 4.69) is 4.74 Å². The van der Waals surface area contributed by atoms with Crippen LogP contribution in [0.2, 0.25) is 0 Å². The second-order valence-corrected chi connectivity index (χ2v) is 3.24. The van der Waals surface area contributed by atoms with Crippen molar-refractivity contribution in [1.82, 2.24) is 4.90 Å². The van der Waals surface area contributed by atoms with Crippen molar-refractivity contribution in [3.05, 3.63) is 12.0 Å². The summed E-state index contributed by atoms with van der Waals surface area (Å²) < 4.78 is 9.51. The van der Waals surface area contributed by atoms with Crippen LogP contribution in [0.15, 0.2) is 12.0 Å². The third-order valence-corrected chi connectivity index (χ3v) is 2.22. The number of methoxy groups -OCH3 is 2. The maximum Gasteiger partial charge on any atom is 0.313 e. The van der Waals surface area contributed by atoms with Crippen LogP contribution in [-0.2, 0) is 19.1 Å². The molecule has 0 radical (unpaired) electrons. The highest BCUT2D eigenvalue weighted by Crippen LogP contribution is 2.13. The molecule has 5 heteroatoms. The molecule has 1 fully saturated rings. The number of likely N-dealkylation sites (tertiary alicyclic amines) is 1. The Morgan fingerprint density at radius 1 is 1.47 bits per heavy atom. The summed E-state index contributed by atoms with van der Waals surface area (Å²) in [4.78, 5) is 23.9. The van der Waals surface area contributed by atoms with Gasteiger partial charge in [-0.05, 0) is 6.42 Å². The van der Waals surface area contributed by atoms with E-state index in [1.165, 1.54) is 14.2 Å². The van der Waals surface area contributed by atoms with Gasteiger partial charge in [0.15, 0.2) is 0 Å². The van der Waals surface area contributed by atoms with Crippen LogP contribution in [0, 0.1) is 0 Å². The fraction of sp³-hybridized carbons (Fsp3) is 0.600. The summed E-state index contributed by atoms with van der Waals surface area (Å²) >= 11 is 0. The van der Waals surface area contributed by atoms with Crippen LogP contribution in [0.25, 0.3) is 0 Å². The number of hydrogen-bond donors (Lipinski definition) is 0. The quantitative estimate of drug-likeness (QED) is 0.508. The van der Waals surface area contributed by atoms with Gasteiger partial charge in [0.1, 0.15) is 12.2 Å². The fourth-order valence-corrected chi connectivity index (χ4v) is 1.36. The van der Waals surface area contributed by atoms with Gasteiger partial charge in [0, 0.05) is 19.2 Å². The van der Waals surface area contributed by atoms with Crippen LogP contribution in [0.4, 0.5) is 0 Å². The molecule has 0 aliphatic carbocycles. The molecule has 1 amide bonds. The Balaban J connectivity index is 2.60. The summed E-state index contributed by atoms with van der Waals surface area (Å²) in [6, 6.07) is 0. The van der Waals surface area contributed by atoms with E-state index in [-0.39, 0.29) is 18.3 Å². The number of carbonyl (C=O) groups excluding carboxylic acids is 2. The van der Waals surface area contributed by atoms with E-state index in [1.54, 1.807) is 11.1 Å². The molecular weight excluding hydrogens is 198 g/mol. The van der Waals surface area contributed by atoms with E-state index in [0.717, 1.165) is 6.42 Å². The maximum atomic E-state index is 11.3. The molecule has 1 saturated heterocycles. The van der Waals surface area contributed by atoms with Gasteiger partial charge in [-0.3, -0.25) is 9.59 Å². The van der Waals surface area contributed by atoms with Gasteiger partial charge in [-0.1, -0.05) is 0 Å². The van der Waals surface area contributed by atoms with Crippen molar-refractivity contribution >= 4 is 11.9 Å². The molecule has 0 unspecified atom stereocenters. The number of ether oxygens (including phenoxy) is 2. The van der Waals surface area contributed by atoms with Gasteiger partial charge >= 0.3 is 5.97 Å². The van der Waals surface area contributed by atoms with Gasteiger partial charge in [0.05, 0.1) is 14.2 Å². The van der Waals surface area contributed by atoms with Crippen LogP contribution in [0.3, 0.4) is 0 Å². The van der Waals surface area contributed by atoms with Crippen LogP contribution >= 0.6 is 0 Å². The zero-order chi connectivity index (χ0) is 11.3. The van der Waals surface area contributed by atoms with Gasteiger partial charge in [-0.25, -0.2) is 0 Å². The van der Waals surface area contributed by atoms with Crippen LogP contribution in [0.5, 0.6) is 0 Å². The van der Waals surface area contributed by atoms with Gasteiger partial charge in [-0.15, -0.1) is 0 Å². The number of hydrogen-bond acceptors (Lipinski definition) is 4. The van der Waals surface area contributed by atoms with Crippen molar-refractivity contribution in [2.45, 2.75) is 19.3 Å². The Morgan fingerprint density at radius 2 is 2.20 bits per heavy atom. The van der Waals surface area contributed by atoms with E-state index in [0.29, 0.717) is 18.7 Å². The third-order valence-electron chi connectivity index (χ3n) is 2.22. The van der Waals surface area contributed by atoms with Crippen molar-refractivity contribution in [1.29, 1.82) is 0 Å². The monoisotopic (exact) mass is 213 g/mol. The molecular formula is C10H15NO4. The number of amides is 1. The van der Waals surface area contributed by atoms with Crippen molar-refractivity contribution < 1.29 is 19.1 Å². The molecule has 84 valence electrons. The summed E-state index contributed by atoms with van der Waals surface area (Å²) in [7, 11) is 2.78. The molecule has 0 aromatic heterocycles. The topological polar surface area (TPSA) is 55.8 Å². The minimum Gasteiger partial charge on any atom is -0.499 e. The number of nitrogens with zero attached hydrogens (tertiary/aromatic N) is 1. The van der Waals surface area contributed by atoms with Crippen molar-refractivity contribution in [2.24, 2.45) is 0 Å².